The van der Waals surface area contributed by atoms with E-state index in [1.165, 1.54) is 0 Å². The topological polar surface area (TPSA) is 59.0 Å². The molecule has 1 aliphatic rings. The van der Waals surface area contributed by atoms with Gasteiger partial charge in [0.05, 0.1) is 12.2 Å². The van der Waals surface area contributed by atoms with Gasteiger partial charge in [-0.3, -0.25) is 4.79 Å². The van der Waals surface area contributed by atoms with E-state index in [2.05, 4.69) is 5.16 Å². The van der Waals surface area contributed by atoms with Crippen LogP contribution < -0.4 is 4.90 Å². The molecule has 134 valence electrons. The third-order valence-corrected chi connectivity index (χ3v) is 4.38. The van der Waals surface area contributed by atoms with E-state index in [4.69, 9.17) is 16.4 Å². The number of carbonyl (C=O) groups is 2. The lowest BCUT2D eigenvalue weighted by Crippen LogP contribution is -2.29. The Kier molecular flexibility index (Phi) is 5.68. The SMILES string of the molecule is CCCCC(=O)ON=C1C(=O)N(Cc2ccc(Cl)cc2)c2ccccc21. The Bertz CT molecular complexity index is 846. The minimum Gasteiger partial charge on any atom is -0.317 e. The Labute approximate surface area is 157 Å². The Balaban J connectivity index is 1.83. The molecule has 0 atom stereocenters. The molecule has 0 N–H and O–H groups in total. The van der Waals surface area contributed by atoms with Crippen LogP contribution in [0.5, 0.6) is 0 Å². The van der Waals surface area contributed by atoms with Crippen molar-refractivity contribution in [3.63, 3.8) is 0 Å². The monoisotopic (exact) mass is 370 g/mol. The zero-order valence-corrected chi connectivity index (χ0v) is 15.2. The van der Waals surface area contributed by atoms with E-state index in [1.807, 2.05) is 37.3 Å². The van der Waals surface area contributed by atoms with Gasteiger partial charge in [0.25, 0.3) is 5.91 Å². The molecule has 3 rings (SSSR count). The highest BCUT2D eigenvalue weighted by Gasteiger charge is 2.34. The third-order valence-electron chi connectivity index (χ3n) is 4.12. The van der Waals surface area contributed by atoms with E-state index < -0.39 is 5.97 Å². The molecule has 0 unspecified atom stereocenters. The molecule has 0 fully saturated rings. The number of amides is 1. The number of fused-ring (bicyclic) bond motifs is 1. The second kappa shape index (κ2) is 8.15. The van der Waals surface area contributed by atoms with Crippen molar-refractivity contribution in [3.05, 3.63) is 64.7 Å². The van der Waals surface area contributed by atoms with Gasteiger partial charge in [0.2, 0.25) is 0 Å². The van der Waals surface area contributed by atoms with Crippen LogP contribution in [0.15, 0.2) is 53.7 Å². The first-order valence-electron chi connectivity index (χ1n) is 8.53. The van der Waals surface area contributed by atoms with Crippen molar-refractivity contribution in [2.24, 2.45) is 5.16 Å². The van der Waals surface area contributed by atoms with Crippen molar-refractivity contribution in [2.45, 2.75) is 32.7 Å². The molecule has 0 bridgehead atoms. The molecule has 0 aliphatic carbocycles. The fourth-order valence-corrected chi connectivity index (χ4v) is 2.87. The van der Waals surface area contributed by atoms with E-state index in [0.717, 1.165) is 24.1 Å². The fourth-order valence-electron chi connectivity index (χ4n) is 2.74. The molecule has 2 aromatic rings. The molecule has 0 saturated carbocycles. The standard InChI is InChI=1S/C20H19ClN2O3/c1-2-3-8-18(24)26-22-19-16-6-4-5-7-17(16)23(20(19)25)13-14-9-11-15(21)12-10-14/h4-7,9-12H,2-3,8,13H2,1H3. The lowest BCUT2D eigenvalue weighted by atomic mass is 10.1. The van der Waals surface area contributed by atoms with E-state index in [0.29, 0.717) is 17.1 Å². The summed E-state index contributed by atoms with van der Waals surface area (Å²) < 4.78 is 0. The molecular formula is C20H19ClN2O3. The minimum atomic E-state index is -0.430. The zero-order chi connectivity index (χ0) is 18.5. The number of carbonyl (C=O) groups excluding carboxylic acids is 2. The maximum atomic E-state index is 12.8. The average molecular weight is 371 g/mol. The molecule has 6 heteroatoms. The van der Waals surface area contributed by atoms with Gasteiger partial charge < -0.3 is 9.74 Å². The third kappa shape index (κ3) is 3.94. The molecule has 1 heterocycles. The number of oxime groups is 1. The largest absolute Gasteiger partial charge is 0.335 e. The van der Waals surface area contributed by atoms with Crippen LogP contribution in [-0.2, 0) is 21.0 Å². The number of para-hydroxylation sites is 1. The number of rotatable bonds is 6. The number of nitrogens with zero attached hydrogens (tertiary/aromatic N) is 2. The van der Waals surface area contributed by atoms with Crippen LogP contribution in [0.2, 0.25) is 5.02 Å². The summed E-state index contributed by atoms with van der Waals surface area (Å²) in [5, 5.41) is 4.50. The fraction of sp³-hybridized carbons (Fsp3) is 0.250. The van der Waals surface area contributed by atoms with Crippen molar-refractivity contribution >= 4 is 34.9 Å². The summed E-state index contributed by atoms with van der Waals surface area (Å²) in [6.07, 6.45) is 1.91. The van der Waals surface area contributed by atoms with Gasteiger partial charge in [0, 0.05) is 17.0 Å². The van der Waals surface area contributed by atoms with E-state index in [9.17, 15) is 9.59 Å². The van der Waals surface area contributed by atoms with E-state index >= 15 is 0 Å². The second-order valence-corrected chi connectivity index (χ2v) is 6.48. The number of benzene rings is 2. The van der Waals surface area contributed by atoms with Crippen LogP contribution >= 0.6 is 11.6 Å². The van der Waals surface area contributed by atoms with E-state index in [1.54, 1.807) is 23.1 Å². The van der Waals surface area contributed by atoms with Crippen molar-refractivity contribution in [1.29, 1.82) is 0 Å². The molecule has 2 aromatic carbocycles. The molecule has 0 radical (unpaired) electrons. The van der Waals surface area contributed by atoms with Crippen molar-refractivity contribution in [1.82, 2.24) is 0 Å². The maximum absolute atomic E-state index is 12.8. The molecule has 1 amide bonds. The van der Waals surface area contributed by atoms with E-state index in [-0.39, 0.29) is 18.0 Å². The Morgan fingerprint density at radius 2 is 1.88 bits per heavy atom. The van der Waals surface area contributed by atoms with Crippen LogP contribution in [0.25, 0.3) is 0 Å². The van der Waals surface area contributed by atoms with Gasteiger partial charge in [-0.05, 0) is 30.2 Å². The molecule has 1 aliphatic heterocycles. The Morgan fingerprint density at radius 3 is 2.62 bits per heavy atom. The first-order valence-corrected chi connectivity index (χ1v) is 8.91. The number of unbranched alkanes of at least 4 members (excludes halogenated alkanes) is 1. The minimum absolute atomic E-state index is 0.152. The van der Waals surface area contributed by atoms with Gasteiger partial charge in [-0.25, -0.2) is 4.79 Å². The quantitative estimate of drug-likeness (QED) is 0.562. The Hall–Kier alpha value is -2.66. The van der Waals surface area contributed by atoms with Crippen LogP contribution in [0.3, 0.4) is 0 Å². The van der Waals surface area contributed by atoms with Gasteiger partial charge in [0.1, 0.15) is 0 Å². The number of hydrogen-bond acceptors (Lipinski definition) is 4. The smallest absolute Gasteiger partial charge is 0.317 e. The molecule has 0 aromatic heterocycles. The number of halogens is 1. The zero-order valence-electron chi connectivity index (χ0n) is 14.4. The van der Waals surface area contributed by atoms with Gasteiger partial charge >= 0.3 is 5.97 Å². The highest BCUT2D eigenvalue weighted by molar-refractivity contribution is 6.54. The lowest BCUT2D eigenvalue weighted by molar-refractivity contribution is -0.143. The maximum Gasteiger partial charge on any atom is 0.335 e. The van der Waals surface area contributed by atoms with Gasteiger partial charge in [-0.1, -0.05) is 60.4 Å². The summed E-state index contributed by atoms with van der Waals surface area (Å²) in [4.78, 5) is 31.1. The molecule has 0 saturated heterocycles. The number of anilines is 1. The predicted octanol–water partition coefficient (Wildman–Crippen LogP) is 4.32. The van der Waals surface area contributed by atoms with Crippen LogP contribution in [0.4, 0.5) is 5.69 Å². The summed E-state index contributed by atoms with van der Waals surface area (Å²) in [6.45, 7) is 2.38. The molecular weight excluding hydrogens is 352 g/mol. The van der Waals surface area contributed by atoms with Gasteiger partial charge in [0.15, 0.2) is 5.71 Å². The first kappa shape index (κ1) is 18.1. The summed E-state index contributed by atoms with van der Waals surface area (Å²) in [7, 11) is 0. The summed E-state index contributed by atoms with van der Waals surface area (Å²) in [6, 6.07) is 14.7. The summed E-state index contributed by atoms with van der Waals surface area (Å²) >= 11 is 5.92. The average Bonchev–Trinajstić information content (AvgIpc) is 2.91. The highest BCUT2D eigenvalue weighted by Crippen LogP contribution is 2.30. The van der Waals surface area contributed by atoms with Crippen LogP contribution in [-0.4, -0.2) is 17.6 Å². The van der Waals surface area contributed by atoms with Gasteiger partial charge in [-0.15, -0.1) is 0 Å². The van der Waals surface area contributed by atoms with Crippen molar-refractivity contribution in [2.75, 3.05) is 4.90 Å². The van der Waals surface area contributed by atoms with Crippen LogP contribution in [0, 0.1) is 0 Å². The van der Waals surface area contributed by atoms with Crippen LogP contribution in [0.1, 0.15) is 37.3 Å². The highest BCUT2D eigenvalue weighted by atomic mass is 35.5. The summed E-state index contributed by atoms with van der Waals surface area (Å²) in [5.74, 6) is -0.717. The lowest BCUT2D eigenvalue weighted by Gasteiger charge is -2.16. The Morgan fingerprint density at radius 1 is 1.15 bits per heavy atom. The van der Waals surface area contributed by atoms with Crippen molar-refractivity contribution in [3.8, 4) is 0 Å². The number of hydrogen-bond donors (Lipinski definition) is 0. The summed E-state index contributed by atoms with van der Waals surface area (Å²) in [5.41, 5.74) is 2.50. The van der Waals surface area contributed by atoms with Gasteiger partial charge in [-0.2, -0.15) is 0 Å². The van der Waals surface area contributed by atoms with Crippen molar-refractivity contribution < 1.29 is 14.4 Å². The molecule has 0 spiro atoms. The second-order valence-electron chi connectivity index (χ2n) is 6.04. The molecule has 5 nitrogen and oxygen atoms in total. The molecule has 26 heavy (non-hydrogen) atoms. The first-order chi connectivity index (χ1) is 12.6. The normalized spacial score (nSPS) is 14.6. The predicted molar refractivity (Wildman–Crippen MR) is 101 cm³/mol.